The van der Waals surface area contributed by atoms with Gasteiger partial charge in [0.05, 0.1) is 36.9 Å². The van der Waals surface area contributed by atoms with E-state index in [1.54, 1.807) is 19.2 Å². The number of hydrogen-bond donors (Lipinski definition) is 0. The lowest BCUT2D eigenvalue weighted by Crippen LogP contribution is -2.60. The van der Waals surface area contributed by atoms with Gasteiger partial charge in [0.15, 0.2) is 0 Å². The van der Waals surface area contributed by atoms with Crippen LogP contribution in [0.5, 0.6) is 0 Å². The molecule has 0 unspecified atom stereocenters. The van der Waals surface area contributed by atoms with Gasteiger partial charge in [0, 0.05) is 44.4 Å². The first-order chi connectivity index (χ1) is 16.7. The highest BCUT2D eigenvalue weighted by Gasteiger charge is 2.37. The van der Waals surface area contributed by atoms with E-state index in [2.05, 4.69) is 15.8 Å². The summed E-state index contributed by atoms with van der Waals surface area (Å²) in [6, 6.07) is 6.46. The number of fused-ring (bicyclic) bond motifs is 1. The summed E-state index contributed by atoms with van der Waals surface area (Å²) in [5.74, 6) is -0.348. The van der Waals surface area contributed by atoms with Crippen LogP contribution in [0.15, 0.2) is 24.4 Å². The lowest BCUT2D eigenvalue weighted by atomic mass is 9.89. The van der Waals surface area contributed by atoms with Crippen LogP contribution in [0.1, 0.15) is 62.9 Å². The largest absolute Gasteiger partial charge is 0.465 e. The summed E-state index contributed by atoms with van der Waals surface area (Å²) < 4.78 is 18.0. The van der Waals surface area contributed by atoms with E-state index in [0.29, 0.717) is 37.3 Å². The Labute approximate surface area is 207 Å². The van der Waals surface area contributed by atoms with Crippen molar-refractivity contribution < 1.29 is 23.8 Å². The average Bonchev–Trinajstić information content (AvgIpc) is 3.26. The second-order valence-corrected chi connectivity index (χ2v) is 10.6. The van der Waals surface area contributed by atoms with E-state index in [1.807, 2.05) is 31.7 Å². The van der Waals surface area contributed by atoms with Gasteiger partial charge in [0.2, 0.25) is 0 Å². The highest BCUT2D eigenvalue weighted by Crippen LogP contribution is 2.33. The second kappa shape index (κ2) is 10.5. The zero-order valence-corrected chi connectivity index (χ0v) is 21.5. The average molecular weight is 487 g/mol. The van der Waals surface area contributed by atoms with Crippen molar-refractivity contribution in [3.63, 3.8) is 0 Å². The number of benzene rings is 1. The number of rotatable bonds is 5. The first kappa shape index (κ1) is 25.4. The maximum Gasteiger partial charge on any atom is 0.410 e. The third-order valence-corrected chi connectivity index (χ3v) is 6.99. The van der Waals surface area contributed by atoms with Gasteiger partial charge >= 0.3 is 12.1 Å². The Kier molecular flexibility index (Phi) is 7.66. The van der Waals surface area contributed by atoms with Gasteiger partial charge in [-0.3, -0.25) is 9.58 Å². The highest BCUT2D eigenvalue weighted by molar-refractivity contribution is 5.94. The Hall–Kier alpha value is -2.65. The molecule has 0 N–H and O–H groups in total. The number of nitrogens with zero attached hydrogens (tertiary/aromatic N) is 4. The minimum absolute atomic E-state index is 0.159. The van der Waals surface area contributed by atoms with Crippen molar-refractivity contribution in [1.29, 1.82) is 0 Å². The number of amides is 1. The van der Waals surface area contributed by atoms with Gasteiger partial charge < -0.3 is 19.1 Å². The van der Waals surface area contributed by atoms with Crippen LogP contribution in [0.2, 0.25) is 0 Å². The Morgan fingerprint density at radius 2 is 1.77 bits per heavy atom. The lowest BCUT2D eigenvalue weighted by molar-refractivity contribution is -0.0278. The fraction of sp³-hybridized carbons (Fsp3) is 0.654. The molecule has 2 aromatic rings. The fourth-order valence-corrected chi connectivity index (χ4v) is 5.30. The molecule has 2 heterocycles. The molecule has 0 spiro atoms. The summed E-state index contributed by atoms with van der Waals surface area (Å²) in [5, 5.41) is 5.80. The number of methoxy groups -OCH3 is 2. The Morgan fingerprint density at radius 1 is 1.06 bits per heavy atom. The monoisotopic (exact) mass is 486 g/mol. The molecular formula is C26H38N4O5. The zero-order chi connectivity index (χ0) is 25.2. The number of carbonyl (C=O) groups excluding carboxylic acids is 2. The first-order valence-electron chi connectivity index (χ1n) is 12.5. The van der Waals surface area contributed by atoms with Gasteiger partial charge in [0.25, 0.3) is 0 Å². The molecule has 1 aromatic heterocycles. The van der Waals surface area contributed by atoms with E-state index in [1.165, 1.54) is 7.11 Å². The molecule has 1 aromatic carbocycles. The van der Waals surface area contributed by atoms with Crippen molar-refractivity contribution in [2.45, 2.75) is 70.2 Å². The van der Waals surface area contributed by atoms with Gasteiger partial charge in [-0.05, 0) is 58.6 Å². The van der Waals surface area contributed by atoms with Crippen LogP contribution < -0.4 is 0 Å². The van der Waals surface area contributed by atoms with E-state index < -0.39 is 5.60 Å². The molecule has 1 amide bonds. The number of piperazine rings is 1. The topological polar surface area (TPSA) is 86.1 Å². The SMILES string of the molecule is COC[C@H]1CN(C(=O)OC(C)(C)C)CCN1C1CCC(n2cc3ccc(C(=O)OC)cc3n2)CC1. The van der Waals surface area contributed by atoms with Crippen LogP contribution in [0.4, 0.5) is 4.79 Å². The van der Waals surface area contributed by atoms with E-state index >= 15 is 0 Å². The van der Waals surface area contributed by atoms with Crippen LogP contribution in [0.25, 0.3) is 10.9 Å². The molecule has 2 fully saturated rings. The van der Waals surface area contributed by atoms with Crippen molar-refractivity contribution >= 4 is 23.0 Å². The smallest absolute Gasteiger partial charge is 0.410 e. The minimum atomic E-state index is -0.498. The molecule has 1 atom stereocenters. The number of esters is 1. The molecule has 192 valence electrons. The second-order valence-electron chi connectivity index (χ2n) is 10.6. The lowest BCUT2D eigenvalue weighted by Gasteiger charge is -2.46. The van der Waals surface area contributed by atoms with Gasteiger partial charge in [-0.15, -0.1) is 0 Å². The van der Waals surface area contributed by atoms with Gasteiger partial charge in [-0.1, -0.05) is 6.07 Å². The number of aromatic nitrogens is 2. The highest BCUT2D eigenvalue weighted by atomic mass is 16.6. The molecule has 4 rings (SSSR count). The Bertz CT molecular complexity index is 1040. The molecule has 0 radical (unpaired) electrons. The van der Waals surface area contributed by atoms with E-state index in [0.717, 1.165) is 43.1 Å². The van der Waals surface area contributed by atoms with E-state index in [9.17, 15) is 9.59 Å². The molecule has 1 saturated carbocycles. The maximum absolute atomic E-state index is 12.6. The Morgan fingerprint density at radius 3 is 2.43 bits per heavy atom. The van der Waals surface area contributed by atoms with Crippen molar-refractivity contribution in [3.05, 3.63) is 30.0 Å². The molecule has 2 aliphatic rings. The van der Waals surface area contributed by atoms with Crippen molar-refractivity contribution in [1.82, 2.24) is 19.6 Å². The van der Waals surface area contributed by atoms with Crippen molar-refractivity contribution in [3.8, 4) is 0 Å². The van der Waals surface area contributed by atoms with Crippen LogP contribution in [-0.4, -0.2) is 89.8 Å². The summed E-state index contributed by atoms with van der Waals surface area (Å²) in [4.78, 5) is 28.8. The molecule has 9 nitrogen and oxygen atoms in total. The molecule has 1 aliphatic heterocycles. The fourth-order valence-electron chi connectivity index (χ4n) is 5.30. The van der Waals surface area contributed by atoms with E-state index in [4.69, 9.17) is 19.3 Å². The molecule has 9 heteroatoms. The maximum atomic E-state index is 12.6. The molecule has 1 aliphatic carbocycles. The third-order valence-electron chi connectivity index (χ3n) is 6.99. The van der Waals surface area contributed by atoms with Crippen LogP contribution >= 0.6 is 0 Å². The normalized spacial score (nSPS) is 23.9. The Balaban J connectivity index is 1.37. The zero-order valence-electron chi connectivity index (χ0n) is 21.5. The van der Waals surface area contributed by atoms with Crippen LogP contribution in [0, 0.1) is 0 Å². The number of carbonyl (C=O) groups is 2. The number of hydrogen-bond acceptors (Lipinski definition) is 7. The predicted molar refractivity (Wildman–Crippen MR) is 133 cm³/mol. The van der Waals surface area contributed by atoms with E-state index in [-0.39, 0.29) is 18.1 Å². The summed E-state index contributed by atoms with van der Waals surface area (Å²) in [6.07, 6.45) is 6.04. The number of ether oxygens (including phenoxy) is 3. The summed E-state index contributed by atoms with van der Waals surface area (Å²) in [6.45, 7) is 8.39. The summed E-state index contributed by atoms with van der Waals surface area (Å²) in [7, 11) is 3.10. The first-order valence-corrected chi connectivity index (χ1v) is 12.5. The van der Waals surface area contributed by atoms with Crippen LogP contribution in [0.3, 0.4) is 0 Å². The van der Waals surface area contributed by atoms with Crippen LogP contribution in [-0.2, 0) is 14.2 Å². The van der Waals surface area contributed by atoms with Gasteiger partial charge in [-0.2, -0.15) is 5.10 Å². The van der Waals surface area contributed by atoms with Gasteiger partial charge in [0.1, 0.15) is 5.60 Å². The van der Waals surface area contributed by atoms with Crippen molar-refractivity contribution in [2.24, 2.45) is 0 Å². The van der Waals surface area contributed by atoms with Gasteiger partial charge in [-0.25, -0.2) is 9.59 Å². The summed E-state index contributed by atoms with van der Waals surface area (Å²) in [5.41, 5.74) is 0.832. The summed E-state index contributed by atoms with van der Waals surface area (Å²) >= 11 is 0. The third kappa shape index (κ3) is 5.95. The minimum Gasteiger partial charge on any atom is -0.465 e. The molecular weight excluding hydrogens is 448 g/mol. The molecule has 1 saturated heterocycles. The molecule has 35 heavy (non-hydrogen) atoms. The quantitative estimate of drug-likeness (QED) is 0.593. The standard InChI is InChI=1S/C26H38N4O5/c1-26(2,3)35-25(32)28-12-13-29(22(16-28)17-33-4)20-8-10-21(11-9-20)30-15-19-7-6-18(24(31)34-5)14-23(19)27-30/h6-7,14-15,20-22H,8-13,16-17H2,1-5H3/t20?,21?,22-/m1/s1. The molecule has 0 bridgehead atoms. The predicted octanol–water partition coefficient (Wildman–Crippen LogP) is 3.87. The van der Waals surface area contributed by atoms with Crippen molar-refractivity contribution in [2.75, 3.05) is 40.5 Å².